The molecule has 7 heteroatoms. The summed E-state index contributed by atoms with van der Waals surface area (Å²) in [5.74, 6) is -1.31. The second-order valence-corrected chi connectivity index (χ2v) is 3.21. The minimum absolute atomic E-state index is 0.0448. The Morgan fingerprint density at radius 1 is 1.31 bits per heavy atom. The fourth-order valence-corrected chi connectivity index (χ4v) is 1.26. The van der Waals surface area contributed by atoms with Gasteiger partial charge in [0.2, 0.25) is 0 Å². The summed E-state index contributed by atoms with van der Waals surface area (Å²) in [6.07, 6.45) is 0. The van der Waals surface area contributed by atoms with Crippen molar-refractivity contribution < 1.29 is 9.90 Å². The van der Waals surface area contributed by atoms with Crippen molar-refractivity contribution in [1.29, 1.82) is 0 Å². The Morgan fingerprint density at radius 2 is 1.85 bits per heavy atom. The third kappa shape index (κ3) is 1.80. The van der Waals surface area contributed by atoms with E-state index >= 15 is 0 Å². The van der Waals surface area contributed by atoms with Crippen LogP contribution in [0, 0.1) is 0 Å². The van der Waals surface area contributed by atoms with Gasteiger partial charge >= 0.3 is 5.97 Å². The number of hydrogen-bond donors (Lipinski definition) is 2. The van der Waals surface area contributed by atoms with E-state index in [1.165, 1.54) is 0 Å². The number of carboxylic acid groups (broad SMARTS) is 1. The van der Waals surface area contributed by atoms with E-state index in [1.54, 1.807) is 0 Å². The van der Waals surface area contributed by atoms with Crippen molar-refractivity contribution in [1.82, 2.24) is 4.98 Å². The number of carbonyl (C=O) groups is 1. The minimum Gasteiger partial charge on any atom is -0.476 e. The number of carboxylic acids is 1. The number of aromatic carboxylic acids is 1. The van der Waals surface area contributed by atoms with Crippen molar-refractivity contribution in [3.8, 4) is 0 Å². The lowest BCUT2D eigenvalue weighted by molar-refractivity contribution is 0.0691. The molecule has 0 amide bonds. The number of nitrogens with zero attached hydrogens (tertiary/aromatic N) is 1. The third-order valence-electron chi connectivity index (χ3n) is 1.27. The Bertz CT molecular complexity index is 381. The quantitative estimate of drug-likeness (QED) is 0.743. The van der Waals surface area contributed by atoms with Gasteiger partial charge in [-0.3, -0.25) is 0 Å². The Kier molecular flexibility index (Phi) is 2.85. The van der Waals surface area contributed by atoms with Crippen molar-refractivity contribution in [2.45, 2.75) is 0 Å². The van der Waals surface area contributed by atoms with Gasteiger partial charge in [-0.1, -0.05) is 34.8 Å². The summed E-state index contributed by atoms with van der Waals surface area (Å²) in [5, 5.41) is 8.17. The lowest BCUT2D eigenvalue weighted by Gasteiger charge is -2.04. The standard InChI is InChI=1S/C6H3Cl3N2O2/c7-1-3(10)2(8)5(9)11-4(1)6(12)13/h(H2,10,11)(H,12,13)/i4+1,5+1,11+1. The van der Waals surface area contributed by atoms with Crippen molar-refractivity contribution in [3.63, 3.8) is 0 Å². The number of nitrogen functional groups attached to an aromatic ring is 1. The molecule has 0 unspecified atom stereocenters. The number of hydrogen-bond acceptors (Lipinski definition) is 3. The lowest BCUT2D eigenvalue weighted by atomic mass is 10.5. The van der Waals surface area contributed by atoms with Crippen LogP contribution in [-0.2, 0) is 0 Å². The summed E-state index contributed by atoms with van der Waals surface area (Å²) >= 11 is 16.6. The third-order valence-corrected chi connectivity index (χ3v) is 2.41. The molecule has 0 aliphatic heterocycles. The van der Waals surface area contributed by atoms with Gasteiger partial charge in [-0.2, -0.15) is 0 Å². The minimum atomic E-state index is -1.31. The molecule has 0 aliphatic carbocycles. The van der Waals surface area contributed by atoms with Crippen LogP contribution in [0.4, 0.5) is 5.69 Å². The van der Waals surface area contributed by atoms with Crippen molar-refractivity contribution >= 4 is 46.5 Å². The summed E-state index contributed by atoms with van der Waals surface area (Å²) in [6.45, 7) is 0. The van der Waals surface area contributed by atoms with E-state index in [0.717, 1.165) is 0 Å². The van der Waals surface area contributed by atoms with Crippen molar-refractivity contribution in [3.05, 3.63) is 20.9 Å². The van der Waals surface area contributed by atoms with Crippen LogP contribution in [0.3, 0.4) is 0 Å². The van der Waals surface area contributed by atoms with E-state index in [2.05, 4.69) is 4.98 Å². The van der Waals surface area contributed by atoms with Gasteiger partial charge < -0.3 is 10.8 Å². The van der Waals surface area contributed by atoms with Crippen LogP contribution >= 0.6 is 34.8 Å². The molecule has 0 bridgehead atoms. The molecule has 0 atom stereocenters. The molecule has 13 heavy (non-hydrogen) atoms. The predicted molar refractivity (Wildman–Crippen MR) is 50.6 cm³/mol. The highest BCUT2D eigenvalue weighted by molar-refractivity contribution is 6.46. The number of nitrogens with two attached hydrogens (primary N) is 1. The summed E-state index contributed by atoms with van der Waals surface area (Å²) < 4.78 is 0. The van der Waals surface area contributed by atoms with Crippen LogP contribution in [0.15, 0.2) is 0 Å². The molecule has 0 aliphatic rings. The highest BCUT2D eigenvalue weighted by Gasteiger charge is 2.18. The first kappa shape index (κ1) is 10.4. The summed E-state index contributed by atoms with van der Waals surface area (Å²) in [7, 11) is 0. The maximum Gasteiger partial charge on any atom is 0.356 e. The van der Waals surface area contributed by atoms with Gasteiger partial charge in [-0.05, 0) is 0 Å². The highest BCUT2D eigenvalue weighted by Crippen LogP contribution is 2.34. The Morgan fingerprint density at radius 3 is 2.31 bits per heavy atom. The second kappa shape index (κ2) is 3.57. The van der Waals surface area contributed by atoms with Gasteiger partial charge in [0.05, 0.1) is 10.7 Å². The van der Waals surface area contributed by atoms with Crippen LogP contribution < -0.4 is 5.73 Å². The zero-order chi connectivity index (χ0) is 10.2. The fourth-order valence-electron chi connectivity index (χ4n) is 0.673. The molecule has 0 aromatic carbocycles. The predicted octanol–water partition coefficient (Wildman–Crippen LogP) is 2.32. The monoisotopic (exact) mass is 243 g/mol. The molecule has 0 saturated heterocycles. The molecule has 1 aromatic heterocycles. The molecule has 70 valence electrons. The number of rotatable bonds is 1. The largest absolute Gasteiger partial charge is 0.476 e. The molecule has 1 rings (SSSR count). The van der Waals surface area contributed by atoms with E-state index in [0.29, 0.717) is 0 Å². The Balaban J connectivity index is 3.50. The normalized spacial score (nSPS) is 10.1. The van der Waals surface area contributed by atoms with Crippen LogP contribution in [0.1, 0.15) is 10.5 Å². The molecule has 3 N–H and O–H groups in total. The van der Waals surface area contributed by atoms with Gasteiger partial charge in [0.1, 0.15) is 5.02 Å². The van der Waals surface area contributed by atoms with Crippen LogP contribution in [0.5, 0.6) is 0 Å². The Hall–Kier alpha value is -0.710. The lowest BCUT2D eigenvalue weighted by Crippen LogP contribution is -2.04. The van der Waals surface area contributed by atoms with Gasteiger partial charge in [0, 0.05) is 0 Å². The number of anilines is 1. The fraction of sp³-hybridized carbons (Fsp3) is 0. The first-order chi connectivity index (χ1) is 5.95. The van der Waals surface area contributed by atoms with E-state index in [-0.39, 0.29) is 20.9 Å². The van der Waals surface area contributed by atoms with Crippen LogP contribution in [0.2, 0.25) is 15.2 Å². The summed E-state index contributed by atoms with van der Waals surface area (Å²) in [6, 6.07) is 0. The molecule has 0 radical (unpaired) electrons. The maximum atomic E-state index is 10.5. The first-order valence-electron chi connectivity index (χ1n) is 2.98. The zero-order valence-corrected chi connectivity index (χ0v) is 8.28. The molecular weight excluding hydrogens is 241 g/mol. The molecule has 0 saturated carbocycles. The molecular formula is C6H3Cl3N2O2. The number of pyridine rings is 1. The zero-order valence-electron chi connectivity index (χ0n) is 6.01. The summed E-state index contributed by atoms with van der Waals surface area (Å²) in [5.41, 5.74) is 4.88. The average Bonchev–Trinajstić information content (AvgIpc) is 2.07. The molecule has 0 fully saturated rings. The first-order valence-corrected chi connectivity index (χ1v) is 4.11. The van der Waals surface area contributed by atoms with Gasteiger partial charge in [-0.25, -0.2) is 9.78 Å². The molecule has 4 nitrogen and oxygen atoms in total. The van der Waals surface area contributed by atoms with Gasteiger partial charge in [0.15, 0.2) is 10.8 Å². The van der Waals surface area contributed by atoms with E-state index in [4.69, 9.17) is 45.6 Å². The van der Waals surface area contributed by atoms with Crippen LogP contribution in [-0.4, -0.2) is 16.1 Å². The topological polar surface area (TPSA) is 76.2 Å². The van der Waals surface area contributed by atoms with Gasteiger partial charge in [0.25, 0.3) is 0 Å². The highest BCUT2D eigenvalue weighted by atomic mass is 35.5. The number of halogens is 3. The Labute approximate surface area is 88.2 Å². The molecule has 0 spiro atoms. The second-order valence-electron chi connectivity index (χ2n) is 2.10. The van der Waals surface area contributed by atoms with Crippen molar-refractivity contribution in [2.75, 3.05) is 5.73 Å². The summed E-state index contributed by atoms with van der Waals surface area (Å²) in [4.78, 5) is 14.0. The van der Waals surface area contributed by atoms with E-state index < -0.39 is 11.7 Å². The molecule has 1 aromatic rings. The van der Waals surface area contributed by atoms with Crippen molar-refractivity contribution in [2.24, 2.45) is 0 Å². The molecule has 1 heterocycles. The average molecular weight is 244 g/mol. The van der Waals surface area contributed by atoms with Crippen LogP contribution in [0.25, 0.3) is 0 Å². The number of aromatic nitrogens is 1. The maximum absolute atomic E-state index is 10.5. The van der Waals surface area contributed by atoms with Gasteiger partial charge in [-0.15, -0.1) is 0 Å². The van der Waals surface area contributed by atoms with E-state index in [1.807, 2.05) is 0 Å². The smallest absolute Gasteiger partial charge is 0.356 e. The van der Waals surface area contributed by atoms with E-state index in [9.17, 15) is 4.79 Å². The SMILES string of the molecule is Nc1c(Cl)[13c](Cl)[15n][13c](C(=O)O)c1Cl.